The lowest BCUT2D eigenvalue weighted by molar-refractivity contribution is 0.397. The van der Waals surface area contributed by atoms with E-state index in [1.165, 1.54) is 38.5 Å². The first-order chi connectivity index (χ1) is 8.95. The third kappa shape index (κ3) is 3.28. The van der Waals surface area contributed by atoms with Crippen molar-refractivity contribution in [3.05, 3.63) is 16.4 Å². The second kappa shape index (κ2) is 6.05. The van der Waals surface area contributed by atoms with Gasteiger partial charge in [0.05, 0.1) is 17.6 Å². The van der Waals surface area contributed by atoms with Crippen molar-refractivity contribution >= 4 is 23.2 Å². The lowest BCUT2D eigenvalue weighted by atomic mass is 9.90. The molecular formula is C15H24Cl2N2. The number of hydrogen-bond donors (Lipinski definition) is 0. The second-order valence-corrected chi connectivity index (χ2v) is 7.22. The molecule has 4 heteroatoms. The van der Waals surface area contributed by atoms with Crippen LogP contribution < -0.4 is 0 Å². The summed E-state index contributed by atoms with van der Waals surface area (Å²) in [6.07, 6.45) is 7.61. The number of alkyl halides is 1. The van der Waals surface area contributed by atoms with Crippen LogP contribution in [0.3, 0.4) is 0 Å². The van der Waals surface area contributed by atoms with Crippen molar-refractivity contribution < 1.29 is 0 Å². The fourth-order valence-electron chi connectivity index (χ4n) is 2.91. The Morgan fingerprint density at radius 1 is 1.16 bits per heavy atom. The summed E-state index contributed by atoms with van der Waals surface area (Å²) in [5.41, 5.74) is 2.06. The first-order valence-electron chi connectivity index (χ1n) is 7.28. The van der Waals surface area contributed by atoms with Gasteiger partial charge in [0.25, 0.3) is 0 Å². The van der Waals surface area contributed by atoms with E-state index >= 15 is 0 Å². The van der Waals surface area contributed by atoms with Crippen LogP contribution in [0.5, 0.6) is 0 Å². The molecule has 2 nitrogen and oxygen atoms in total. The average molecular weight is 303 g/mol. The molecule has 1 aromatic rings. The first kappa shape index (κ1) is 15.2. The molecule has 1 aliphatic rings. The molecule has 1 saturated carbocycles. The molecule has 2 rings (SSSR count). The van der Waals surface area contributed by atoms with Crippen LogP contribution in [0.15, 0.2) is 0 Å². The summed E-state index contributed by atoms with van der Waals surface area (Å²) in [6, 6.07) is 0.452. The summed E-state index contributed by atoms with van der Waals surface area (Å²) < 4.78 is 2.05. The van der Waals surface area contributed by atoms with Gasteiger partial charge >= 0.3 is 0 Å². The Morgan fingerprint density at radius 2 is 1.74 bits per heavy atom. The van der Waals surface area contributed by atoms with Gasteiger partial charge in [-0.15, -0.1) is 11.6 Å². The van der Waals surface area contributed by atoms with Crippen molar-refractivity contribution in [1.29, 1.82) is 0 Å². The molecule has 1 aliphatic carbocycles. The van der Waals surface area contributed by atoms with Crippen molar-refractivity contribution in [1.82, 2.24) is 9.78 Å². The first-order valence-corrected chi connectivity index (χ1v) is 8.19. The highest BCUT2D eigenvalue weighted by Gasteiger charge is 2.28. The molecule has 1 heterocycles. The van der Waals surface area contributed by atoms with Gasteiger partial charge in [-0.1, -0.05) is 58.1 Å². The van der Waals surface area contributed by atoms with Gasteiger partial charge in [-0.25, -0.2) is 0 Å². The number of rotatable bonds is 2. The minimum absolute atomic E-state index is 0.0101. The predicted molar refractivity (Wildman–Crippen MR) is 82.2 cm³/mol. The maximum atomic E-state index is 6.54. The smallest absolute Gasteiger partial charge is 0.132 e. The molecular weight excluding hydrogens is 279 g/mol. The minimum atomic E-state index is -0.0101. The summed E-state index contributed by atoms with van der Waals surface area (Å²) in [5.74, 6) is 0.443. The Balaban J connectivity index is 2.38. The van der Waals surface area contributed by atoms with Crippen LogP contribution in [0.25, 0.3) is 0 Å². The van der Waals surface area contributed by atoms with Crippen molar-refractivity contribution in [2.75, 3.05) is 0 Å². The van der Waals surface area contributed by atoms with Gasteiger partial charge in [-0.3, -0.25) is 4.68 Å². The highest BCUT2D eigenvalue weighted by molar-refractivity contribution is 6.31. The summed E-state index contributed by atoms with van der Waals surface area (Å²) in [7, 11) is 0. The summed E-state index contributed by atoms with van der Waals surface area (Å²) in [4.78, 5) is 0. The van der Waals surface area contributed by atoms with E-state index in [9.17, 15) is 0 Å². The van der Waals surface area contributed by atoms with Gasteiger partial charge in [0.2, 0.25) is 0 Å². The Hall–Kier alpha value is -0.210. The monoisotopic (exact) mass is 302 g/mol. The molecule has 0 aromatic carbocycles. The van der Waals surface area contributed by atoms with Crippen molar-refractivity contribution in [2.45, 2.75) is 76.6 Å². The highest BCUT2D eigenvalue weighted by atomic mass is 35.5. The van der Waals surface area contributed by atoms with E-state index < -0.39 is 0 Å². The van der Waals surface area contributed by atoms with Gasteiger partial charge in [0.15, 0.2) is 0 Å². The van der Waals surface area contributed by atoms with E-state index in [0.717, 1.165) is 16.4 Å². The topological polar surface area (TPSA) is 17.8 Å². The highest BCUT2D eigenvalue weighted by Crippen LogP contribution is 2.36. The van der Waals surface area contributed by atoms with Crippen molar-refractivity contribution in [3.8, 4) is 0 Å². The zero-order chi connectivity index (χ0) is 14.0. The third-order valence-electron chi connectivity index (χ3n) is 3.96. The number of halogens is 2. The third-order valence-corrected chi connectivity index (χ3v) is 4.63. The van der Waals surface area contributed by atoms with Gasteiger partial charge in [-0.2, -0.15) is 5.10 Å². The molecule has 108 valence electrons. The van der Waals surface area contributed by atoms with Crippen LogP contribution in [0, 0.1) is 0 Å². The van der Waals surface area contributed by atoms with E-state index in [1.807, 2.05) is 4.68 Å². The lowest BCUT2D eigenvalue weighted by Gasteiger charge is -2.18. The van der Waals surface area contributed by atoms with Gasteiger partial charge < -0.3 is 0 Å². The normalized spacial score (nSPS) is 18.6. The molecule has 1 fully saturated rings. The SMILES string of the molecule is CC(C)(C)c1nn(C2CCCCCC2)c(Cl)c1CCl. The Labute approximate surface area is 126 Å². The van der Waals surface area contributed by atoms with E-state index in [-0.39, 0.29) is 5.41 Å². The number of hydrogen-bond acceptors (Lipinski definition) is 1. The molecule has 0 bridgehead atoms. The second-order valence-electron chi connectivity index (χ2n) is 6.59. The fraction of sp³-hybridized carbons (Fsp3) is 0.800. The van der Waals surface area contributed by atoms with Gasteiger partial charge in [0.1, 0.15) is 5.15 Å². The molecule has 0 aliphatic heterocycles. The van der Waals surface area contributed by atoms with E-state index in [4.69, 9.17) is 28.3 Å². The Kier molecular flexibility index (Phi) is 4.84. The average Bonchev–Trinajstić information content (AvgIpc) is 2.53. The summed E-state index contributed by atoms with van der Waals surface area (Å²) in [5, 5.41) is 5.57. The fourth-order valence-corrected chi connectivity index (χ4v) is 3.57. The molecule has 0 atom stereocenters. The molecule has 0 N–H and O–H groups in total. The predicted octanol–water partition coefficient (Wildman–Crippen LogP) is 5.47. The van der Waals surface area contributed by atoms with Crippen molar-refractivity contribution in [2.24, 2.45) is 0 Å². The summed E-state index contributed by atoms with van der Waals surface area (Å²) in [6.45, 7) is 6.50. The Morgan fingerprint density at radius 3 is 2.16 bits per heavy atom. The van der Waals surface area contributed by atoms with Gasteiger partial charge in [0, 0.05) is 11.0 Å². The standard InChI is InChI=1S/C15H24Cl2N2/c1-15(2,3)13-12(10-16)14(17)19(18-13)11-8-6-4-5-7-9-11/h11H,4-10H2,1-3H3. The lowest BCUT2D eigenvalue weighted by Crippen LogP contribution is -2.16. The molecule has 19 heavy (non-hydrogen) atoms. The zero-order valence-corrected chi connectivity index (χ0v) is 13.7. The summed E-state index contributed by atoms with van der Waals surface area (Å²) >= 11 is 12.6. The molecule has 0 unspecified atom stereocenters. The molecule has 0 radical (unpaired) electrons. The van der Waals surface area contributed by atoms with Crippen LogP contribution in [0.1, 0.15) is 76.6 Å². The largest absolute Gasteiger partial charge is 0.250 e. The number of nitrogens with zero attached hydrogens (tertiary/aromatic N) is 2. The molecule has 0 saturated heterocycles. The van der Waals surface area contributed by atoms with Crippen LogP contribution in [-0.2, 0) is 11.3 Å². The van der Waals surface area contributed by atoms with Crippen LogP contribution >= 0.6 is 23.2 Å². The maximum Gasteiger partial charge on any atom is 0.132 e. The van der Waals surface area contributed by atoms with E-state index in [2.05, 4.69) is 20.8 Å². The molecule has 0 amide bonds. The zero-order valence-electron chi connectivity index (χ0n) is 12.2. The van der Waals surface area contributed by atoms with Crippen LogP contribution in [0.2, 0.25) is 5.15 Å². The maximum absolute atomic E-state index is 6.54. The van der Waals surface area contributed by atoms with E-state index in [0.29, 0.717) is 11.9 Å². The molecule has 0 spiro atoms. The van der Waals surface area contributed by atoms with Crippen molar-refractivity contribution in [3.63, 3.8) is 0 Å². The van der Waals surface area contributed by atoms with Crippen LogP contribution in [0.4, 0.5) is 0 Å². The Bertz CT molecular complexity index is 424. The number of aromatic nitrogens is 2. The quantitative estimate of drug-likeness (QED) is 0.523. The van der Waals surface area contributed by atoms with Crippen LogP contribution in [-0.4, -0.2) is 9.78 Å². The van der Waals surface area contributed by atoms with E-state index in [1.54, 1.807) is 0 Å². The minimum Gasteiger partial charge on any atom is -0.250 e. The molecule has 1 aromatic heterocycles. The van der Waals surface area contributed by atoms with Gasteiger partial charge in [-0.05, 0) is 12.8 Å².